The van der Waals surface area contributed by atoms with Crippen LogP contribution in [0.25, 0.3) is 0 Å². The third-order valence-electron chi connectivity index (χ3n) is 10.8. The maximum Gasteiger partial charge on any atom is 0.140 e. The number of fused-ring (bicyclic) bond motifs is 2. The van der Waals surface area contributed by atoms with E-state index in [-0.39, 0.29) is 28.4 Å². The number of ketones is 1. The maximum absolute atomic E-state index is 13.0. The van der Waals surface area contributed by atoms with E-state index in [4.69, 9.17) is 4.74 Å². The third-order valence-corrected chi connectivity index (χ3v) is 10.8. The largest absolute Gasteiger partial charge is 0.388 e. The summed E-state index contributed by atoms with van der Waals surface area (Å²) in [5.41, 5.74) is 1.03. The predicted octanol–water partition coefficient (Wildman–Crippen LogP) is 2.36. The van der Waals surface area contributed by atoms with Gasteiger partial charge < -0.3 is 9.84 Å². The SMILES string of the molecule is C=C1[C@@H]2C[C@]3(C(CC2=O)[C@]24C5C[C@H]3[C@H]2N(CC)[C@@H]2O[C@H]4CC[C@]52C)[C@@H]1O. The van der Waals surface area contributed by atoms with Crippen LogP contribution < -0.4 is 0 Å². The molecule has 9 fully saturated rings. The molecule has 2 unspecified atom stereocenters. The van der Waals surface area contributed by atoms with Crippen molar-refractivity contribution in [1.82, 2.24) is 4.90 Å². The highest BCUT2D eigenvalue weighted by Crippen LogP contribution is 2.86. The molecule has 4 heterocycles. The fourth-order valence-corrected chi connectivity index (χ4v) is 10.3. The molecular formula is C22H29NO3. The molecule has 0 aromatic rings. The van der Waals surface area contributed by atoms with Gasteiger partial charge in [0.1, 0.15) is 12.0 Å². The Hall–Kier alpha value is -0.710. The van der Waals surface area contributed by atoms with E-state index in [1.807, 2.05) is 0 Å². The Morgan fingerprint density at radius 2 is 2.19 bits per heavy atom. The molecule has 2 spiro atoms. The Kier molecular flexibility index (Phi) is 2.35. The van der Waals surface area contributed by atoms with Crippen molar-refractivity contribution in [3.05, 3.63) is 12.2 Å². The summed E-state index contributed by atoms with van der Waals surface area (Å²) < 4.78 is 6.75. The Morgan fingerprint density at radius 1 is 1.38 bits per heavy atom. The summed E-state index contributed by atoms with van der Waals surface area (Å²) in [5, 5.41) is 11.4. The molecule has 1 N–H and O–H groups in total. The van der Waals surface area contributed by atoms with Gasteiger partial charge in [0.05, 0.1) is 12.2 Å². The van der Waals surface area contributed by atoms with E-state index in [1.54, 1.807) is 0 Å². The molecule has 5 saturated carbocycles. The van der Waals surface area contributed by atoms with E-state index >= 15 is 0 Å². The zero-order chi connectivity index (χ0) is 17.8. The first-order chi connectivity index (χ1) is 12.4. The number of aliphatic hydroxyl groups is 1. The molecule has 0 amide bonds. The maximum atomic E-state index is 13.0. The monoisotopic (exact) mass is 355 g/mol. The lowest BCUT2D eigenvalue weighted by molar-refractivity contribution is -0.370. The molecule has 4 nitrogen and oxygen atoms in total. The summed E-state index contributed by atoms with van der Waals surface area (Å²) in [6.07, 6.45) is 5.21. The number of hydrogen-bond acceptors (Lipinski definition) is 4. The summed E-state index contributed by atoms with van der Waals surface area (Å²) >= 11 is 0. The van der Waals surface area contributed by atoms with E-state index in [1.165, 1.54) is 12.8 Å². The number of Topliss-reactive ketones (excluding diaryl/α,β-unsaturated/α-hetero) is 1. The number of hydrogen-bond donors (Lipinski definition) is 1. The van der Waals surface area contributed by atoms with Crippen molar-refractivity contribution in [3.63, 3.8) is 0 Å². The molecule has 0 radical (unpaired) electrons. The van der Waals surface area contributed by atoms with E-state index in [0.717, 1.165) is 25.0 Å². The minimum Gasteiger partial charge on any atom is -0.388 e. The lowest BCUT2D eigenvalue weighted by atomic mass is 9.41. The van der Waals surface area contributed by atoms with Crippen LogP contribution in [0, 0.1) is 39.9 Å². The molecule has 4 aliphatic heterocycles. The standard InChI is InChI=1S/C22H29NO3/c1-4-23-17-12-7-14-20(3)6-5-16(26-19(20)23)22(14,17)15-8-13(24)11-9-21(12,15)18(25)10(11)2/h11-12,14-19,25H,2,4-9H2,1,3H3/t11-,12-,14?,15?,16-,17+,18+,19+,20+,21-,22-/m0/s1. The van der Waals surface area contributed by atoms with Crippen LogP contribution in [0.4, 0.5) is 0 Å². The van der Waals surface area contributed by atoms with E-state index in [9.17, 15) is 9.90 Å². The van der Waals surface area contributed by atoms with Crippen molar-refractivity contribution in [2.24, 2.45) is 39.9 Å². The summed E-state index contributed by atoms with van der Waals surface area (Å²) in [6, 6.07) is 0.506. The van der Waals surface area contributed by atoms with E-state index in [0.29, 0.717) is 42.1 Å². The lowest BCUT2D eigenvalue weighted by Gasteiger charge is -2.73. The van der Waals surface area contributed by atoms with Gasteiger partial charge in [0.15, 0.2) is 0 Å². The quantitative estimate of drug-likeness (QED) is 0.734. The van der Waals surface area contributed by atoms with Gasteiger partial charge >= 0.3 is 0 Å². The molecule has 0 aromatic carbocycles. The second-order valence-electron chi connectivity index (χ2n) is 10.8. The molecule has 11 atom stereocenters. The van der Waals surface area contributed by atoms with Gasteiger partial charge in [-0.1, -0.05) is 20.4 Å². The number of piperidine rings is 1. The van der Waals surface area contributed by atoms with Crippen molar-refractivity contribution in [2.75, 3.05) is 6.54 Å². The van der Waals surface area contributed by atoms with Crippen LogP contribution >= 0.6 is 0 Å². The molecule has 26 heavy (non-hydrogen) atoms. The zero-order valence-corrected chi connectivity index (χ0v) is 15.8. The second-order valence-corrected chi connectivity index (χ2v) is 10.8. The van der Waals surface area contributed by atoms with Gasteiger partial charge in [0, 0.05) is 34.6 Å². The Labute approximate surface area is 155 Å². The lowest BCUT2D eigenvalue weighted by Crippen LogP contribution is -2.78. The second kappa shape index (κ2) is 4.01. The van der Waals surface area contributed by atoms with E-state index in [2.05, 4.69) is 25.3 Å². The smallest absolute Gasteiger partial charge is 0.140 e. The Bertz CT molecular complexity index is 779. The average molecular weight is 355 g/mol. The molecular weight excluding hydrogens is 326 g/mol. The highest BCUT2D eigenvalue weighted by Gasteiger charge is 2.88. The first-order valence-corrected chi connectivity index (χ1v) is 10.7. The Morgan fingerprint density at radius 3 is 2.96 bits per heavy atom. The number of carbonyl (C=O) groups is 1. The first-order valence-electron chi connectivity index (χ1n) is 10.7. The van der Waals surface area contributed by atoms with Crippen molar-refractivity contribution < 1.29 is 14.6 Å². The zero-order valence-electron chi connectivity index (χ0n) is 15.8. The molecule has 140 valence electrons. The molecule has 4 heteroatoms. The van der Waals surface area contributed by atoms with Gasteiger partial charge in [-0.2, -0.15) is 0 Å². The van der Waals surface area contributed by atoms with Gasteiger partial charge in [-0.05, 0) is 55.6 Å². The van der Waals surface area contributed by atoms with Crippen LogP contribution in [0.5, 0.6) is 0 Å². The van der Waals surface area contributed by atoms with Gasteiger partial charge in [0.2, 0.25) is 0 Å². The van der Waals surface area contributed by atoms with Crippen LogP contribution in [0.3, 0.4) is 0 Å². The highest BCUT2D eigenvalue weighted by atomic mass is 16.5. The third kappa shape index (κ3) is 1.11. The predicted molar refractivity (Wildman–Crippen MR) is 95.0 cm³/mol. The molecule has 5 aliphatic carbocycles. The van der Waals surface area contributed by atoms with Crippen molar-refractivity contribution >= 4 is 5.78 Å². The van der Waals surface area contributed by atoms with Gasteiger partial charge in [-0.3, -0.25) is 9.69 Å². The van der Waals surface area contributed by atoms with Crippen LogP contribution in [-0.2, 0) is 9.53 Å². The normalized spacial score (nSPS) is 66.7. The number of ether oxygens (including phenoxy) is 1. The Balaban J connectivity index is 1.52. The van der Waals surface area contributed by atoms with Crippen LogP contribution in [-0.4, -0.2) is 46.8 Å². The number of nitrogens with zero attached hydrogens (tertiary/aromatic N) is 1. The number of rotatable bonds is 1. The molecule has 4 saturated heterocycles. The molecule has 9 rings (SSSR count). The van der Waals surface area contributed by atoms with Gasteiger partial charge in [0.25, 0.3) is 0 Å². The van der Waals surface area contributed by atoms with Gasteiger partial charge in [-0.15, -0.1) is 0 Å². The summed E-state index contributed by atoms with van der Waals surface area (Å²) in [5.74, 6) is 1.74. The first kappa shape index (κ1) is 15.2. The van der Waals surface area contributed by atoms with Crippen molar-refractivity contribution in [3.8, 4) is 0 Å². The average Bonchev–Trinajstić information content (AvgIpc) is 3.17. The molecule has 0 aromatic heterocycles. The summed E-state index contributed by atoms with van der Waals surface area (Å²) in [6.45, 7) is 9.94. The van der Waals surface area contributed by atoms with Crippen molar-refractivity contribution in [1.29, 1.82) is 0 Å². The summed E-state index contributed by atoms with van der Waals surface area (Å²) in [4.78, 5) is 15.7. The fraction of sp³-hybridized carbons (Fsp3) is 0.864. The topological polar surface area (TPSA) is 49.8 Å². The van der Waals surface area contributed by atoms with Crippen LogP contribution in [0.1, 0.15) is 46.0 Å². The summed E-state index contributed by atoms with van der Waals surface area (Å²) in [7, 11) is 0. The minimum absolute atomic E-state index is 0.0853. The van der Waals surface area contributed by atoms with Crippen LogP contribution in [0.2, 0.25) is 0 Å². The molecule has 9 aliphatic rings. The highest BCUT2D eigenvalue weighted by molar-refractivity contribution is 5.87. The molecule has 9 bridgehead atoms. The van der Waals surface area contributed by atoms with E-state index < -0.39 is 6.10 Å². The van der Waals surface area contributed by atoms with Crippen molar-refractivity contribution in [2.45, 2.75) is 70.4 Å². The van der Waals surface area contributed by atoms with Gasteiger partial charge in [-0.25, -0.2) is 0 Å². The number of carbonyl (C=O) groups excluding carboxylic acids is 1. The fourth-order valence-electron chi connectivity index (χ4n) is 10.3. The van der Waals surface area contributed by atoms with Crippen LogP contribution in [0.15, 0.2) is 12.2 Å². The number of aliphatic hydroxyl groups excluding tert-OH is 1. The minimum atomic E-state index is -0.487.